The average molecular weight is 367 g/mol. The minimum Gasteiger partial charge on any atom is -0.384 e. The third kappa shape index (κ3) is 5.55. The number of ether oxygens (including phenoxy) is 1. The Bertz CT molecular complexity index is 814. The highest BCUT2D eigenvalue weighted by molar-refractivity contribution is 7.89. The van der Waals surface area contributed by atoms with Crippen LogP contribution in [0.3, 0.4) is 0 Å². The molecule has 0 saturated heterocycles. The number of methoxy groups -OCH3 is 1. The maximum atomic E-state index is 12.5. The van der Waals surface area contributed by atoms with E-state index in [1.807, 2.05) is 44.3 Å². The highest BCUT2D eigenvalue weighted by Crippen LogP contribution is 2.19. The minimum atomic E-state index is -3.63. The van der Waals surface area contributed by atoms with E-state index in [-0.39, 0.29) is 30.7 Å². The van der Waals surface area contributed by atoms with Gasteiger partial charge in [-0.25, -0.2) is 13.1 Å². The standard InChI is InChI=1S/C17H25N3O4S/c1-12(2)19-17(21)16(20-25(22,23)9-8-24-3)10-13-11-18-15-7-5-4-6-14(13)15/h4-7,11-12,16,18,20H,8-10H2,1-3H3,(H,19,21)/t16-/m0/s1. The van der Waals surface area contributed by atoms with Crippen molar-refractivity contribution in [2.75, 3.05) is 19.5 Å². The Balaban J connectivity index is 2.23. The number of rotatable bonds is 9. The number of H-pyrrole nitrogens is 1. The molecule has 0 fully saturated rings. The van der Waals surface area contributed by atoms with E-state index in [1.165, 1.54) is 7.11 Å². The van der Waals surface area contributed by atoms with E-state index in [0.29, 0.717) is 0 Å². The first-order valence-corrected chi connectivity index (χ1v) is 9.82. The van der Waals surface area contributed by atoms with Gasteiger partial charge >= 0.3 is 0 Å². The third-order valence-electron chi connectivity index (χ3n) is 3.72. The molecule has 0 aliphatic heterocycles. The van der Waals surface area contributed by atoms with E-state index in [2.05, 4.69) is 15.0 Å². The summed E-state index contributed by atoms with van der Waals surface area (Å²) in [5, 5.41) is 3.75. The van der Waals surface area contributed by atoms with Crippen LogP contribution in [0.25, 0.3) is 10.9 Å². The fourth-order valence-electron chi connectivity index (χ4n) is 2.56. The van der Waals surface area contributed by atoms with Gasteiger partial charge in [-0.3, -0.25) is 4.79 Å². The Morgan fingerprint density at radius 1 is 1.28 bits per heavy atom. The van der Waals surface area contributed by atoms with Gasteiger partial charge in [-0.15, -0.1) is 0 Å². The molecule has 7 nitrogen and oxygen atoms in total. The number of aromatic amines is 1. The van der Waals surface area contributed by atoms with Gasteiger partial charge < -0.3 is 15.0 Å². The molecule has 0 saturated carbocycles. The molecule has 0 spiro atoms. The summed E-state index contributed by atoms with van der Waals surface area (Å²) in [5.74, 6) is -0.538. The second kappa shape index (κ2) is 8.46. The normalized spacial score (nSPS) is 13.3. The van der Waals surface area contributed by atoms with Gasteiger partial charge in [0.15, 0.2) is 0 Å². The predicted octanol–water partition coefficient (Wildman–Crippen LogP) is 1.17. The monoisotopic (exact) mass is 367 g/mol. The zero-order valence-electron chi connectivity index (χ0n) is 14.7. The first-order chi connectivity index (χ1) is 11.8. The van der Waals surface area contributed by atoms with Crippen LogP contribution in [0, 0.1) is 0 Å². The molecule has 1 heterocycles. The van der Waals surface area contributed by atoms with Crippen LogP contribution in [-0.4, -0.2) is 50.9 Å². The van der Waals surface area contributed by atoms with E-state index in [4.69, 9.17) is 4.74 Å². The van der Waals surface area contributed by atoms with Crippen LogP contribution >= 0.6 is 0 Å². The summed E-state index contributed by atoms with van der Waals surface area (Å²) in [6.07, 6.45) is 2.07. The molecule has 2 rings (SSSR count). The number of carbonyl (C=O) groups excluding carboxylic acids is 1. The van der Waals surface area contributed by atoms with Crippen LogP contribution in [0.1, 0.15) is 19.4 Å². The lowest BCUT2D eigenvalue weighted by Crippen LogP contribution is -2.50. The maximum Gasteiger partial charge on any atom is 0.238 e. The van der Waals surface area contributed by atoms with Crippen LogP contribution in [0.5, 0.6) is 0 Å². The average Bonchev–Trinajstić information content (AvgIpc) is 2.95. The number of aromatic nitrogens is 1. The van der Waals surface area contributed by atoms with Gasteiger partial charge in [-0.05, 0) is 31.9 Å². The summed E-state index contributed by atoms with van der Waals surface area (Å²) in [6.45, 7) is 3.74. The van der Waals surface area contributed by atoms with Gasteiger partial charge in [0.1, 0.15) is 6.04 Å². The Morgan fingerprint density at radius 3 is 2.68 bits per heavy atom. The van der Waals surface area contributed by atoms with Crippen molar-refractivity contribution in [3.8, 4) is 0 Å². The van der Waals surface area contributed by atoms with Crippen LogP contribution in [0.2, 0.25) is 0 Å². The molecule has 1 atom stereocenters. The Labute approximate surface area is 148 Å². The second-order valence-corrected chi connectivity index (χ2v) is 8.08. The van der Waals surface area contributed by atoms with E-state index in [1.54, 1.807) is 0 Å². The SMILES string of the molecule is COCCS(=O)(=O)N[C@@H](Cc1c[nH]c2ccccc12)C(=O)NC(C)C. The quantitative estimate of drug-likeness (QED) is 0.619. The molecule has 2 aromatic rings. The molecular weight excluding hydrogens is 342 g/mol. The van der Waals surface area contributed by atoms with Gasteiger partial charge in [0.25, 0.3) is 0 Å². The summed E-state index contributed by atoms with van der Waals surface area (Å²) >= 11 is 0. The fraction of sp³-hybridized carbons (Fsp3) is 0.471. The molecule has 0 aliphatic carbocycles. The topological polar surface area (TPSA) is 100 Å². The number of nitrogens with one attached hydrogen (secondary N) is 3. The van der Waals surface area contributed by atoms with Crippen molar-refractivity contribution in [2.45, 2.75) is 32.4 Å². The lowest BCUT2D eigenvalue weighted by Gasteiger charge is -2.20. The molecule has 138 valence electrons. The van der Waals surface area contributed by atoms with Crippen molar-refractivity contribution >= 4 is 26.8 Å². The molecule has 0 aliphatic rings. The number of carbonyl (C=O) groups is 1. The molecule has 0 bridgehead atoms. The second-order valence-electron chi connectivity index (χ2n) is 6.21. The molecule has 1 aromatic heterocycles. The predicted molar refractivity (Wildman–Crippen MR) is 97.9 cm³/mol. The van der Waals surface area contributed by atoms with E-state index in [9.17, 15) is 13.2 Å². The number of hydrogen-bond acceptors (Lipinski definition) is 4. The van der Waals surface area contributed by atoms with Crippen LogP contribution < -0.4 is 10.0 Å². The van der Waals surface area contributed by atoms with E-state index >= 15 is 0 Å². The Hall–Kier alpha value is -1.90. The summed E-state index contributed by atoms with van der Waals surface area (Å²) in [4.78, 5) is 15.6. The van der Waals surface area contributed by atoms with Gasteiger partial charge in [0.2, 0.25) is 15.9 Å². The first-order valence-electron chi connectivity index (χ1n) is 8.16. The van der Waals surface area contributed by atoms with Crippen molar-refractivity contribution < 1.29 is 17.9 Å². The van der Waals surface area contributed by atoms with Gasteiger partial charge in [-0.2, -0.15) is 0 Å². The molecule has 1 amide bonds. The van der Waals surface area contributed by atoms with Crippen molar-refractivity contribution in [3.05, 3.63) is 36.0 Å². The number of benzene rings is 1. The summed E-state index contributed by atoms with van der Waals surface area (Å²) in [6, 6.07) is 6.73. The highest BCUT2D eigenvalue weighted by atomic mass is 32.2. The van der Waals surface area contributed by atoms with E-state index < -0.39 is 16.1 Å². The zero-order valence-corrected chi connectivity index (χ0v) is 15.5. The number of hydrogen-bond donors (Lipinski definition) is 3. The largest absolute Gasteiger partial charge is 0.384 e. The van der Waals surface area contributed by atoms with Crippen LogP contribution in [0.15, 0.2) is 30.5 Å². The molecule has 3 N–H and O–H groups in total. The van der Waals surface area contributed by atoms with E-state index in [0.717, 1.165) is 16.5 Å². The molecule has 8 heteroatoms. The number of fused-ring (bicyclic) bond motifs is 1. The smallest absolute Gasteiger partial charge is 0.238 e. The lowest BCUT2D eigenvalue weighted by molar-refractivity contribution is -0.123. The van der Waals surface area contributed by atoms with Gasteiger partial charge in [0.05, 0.1) is 12.4 Å². The molecular formula is C17H25N3O4S. The first kappa shape index (κ1) is 19.4. The molecule has 0 radical (unpaired) electrons. The van der Waals surface area contributed by atoms with Crippen molar-refractivity contribution in [1.29, 1.82) is 0 Å². The molecule has 25 heavy (non-hydrogen) atoms. The number of para-hydroxylation sites is 1. The third-order valence-corrected chi connectivity index (χ3v) is 5.07. The minimum absolute atomic E-state index is 0.0704. The lowest BCUT2D eigenvalue weighted by atomic mass is 10.0. The fourth-order valence-corrected chi connectivity index (χ4v) is 3.69. The van der Waals surface area contributed by atoms with Crippen molar-refractivity contribution in [1.82, 2.24) is 15.0 Å². The van der Waals surface area contributed by atoms with Crippen molar-refractivity contribution in [3.63, 3.8) is 0 Å². The van der Waals surface area contributed by atoms with Crippen molar-refractivity contribution in [2.24, 2.45) is 0 Å². The maximum absolute atomic E-state index is 12.5. The van der Waals surface area contributed by atoms with Crippen LogP contribution in [0.4, 0.5) is 0 Å². The molecule has 0 unspecified atom stereocenters. The summed E-state index contributed by atoms with van der Waals surface area (Å²) < 4.78 is 31.7. The van der Waals surface area contributed by atoms with Gasteiger partial charge in [0, 0.05) is 30.3 Å². The van der Waals surface area contributed by atoms with Crippen LogP contribution in [-0.2, 0) is 26.0 Å². The van der Waals surface area contributed by atoms with Gasteiger partial charge in [-0.1, -0.05) is 18.2 Å². The summed E-state index contributed by atoms with van der Waals surface area (Å²) in [7, 11) is -2.19. The Morgan fingerprint density at radius 2 is 2.00 bits per heavy atom. The summed E-state index contributed by atoms with van der Waals surface area (Å²) in [5.41, 5.74) is 1.83. The number of sulfonamides is 1. The Kier molecular flexibility index (Phi) is 6.57. The number of amides is 1. The zero-order chi connectivity index (χ0) is 18.4. The molecule has 1 aromatic carbocycles. The highest BCUT2D eigenvalue weighted by Gasteiger charge is 2.26.